The lowest BCUT2D eigenvalue weighted by Crippen LogP contribution is -2.46. The highest BCUT2D eigenvalue weighted by Crippen LogP contribution is 2.29. The van der Waals surface area contributed by atoms with E-state index in [1.807, 2.05) is 25.1 Å². The number of fused-ring (bicyclic) bond motifs is 1. The highest BCUT2D eigenvalue weighted by molar-refractivity contribution is 5.93. The van der Waals surface area contributed by atoms with Crippen LogP contribution < -0.4 is 15.5 Å². The summed E-state index contributed by atoms with van der Waals surface area (Å²) in [6.07, 6.45) is 0. The number of halogens is 1. The van der Waals surface area contributed by atoms with E-state index < -0.39 is 0 Å². The summed E-state index contributed by atoms with van der Waals surface area (Å²) in [7, 11) is 3.27. The molecule has 0 bridgehead atoms. The van der Waals surface area contributed by atoms with E-state index >= 15 is 4.39 Å². The fourth-order valence-electron chi connectivity index (χ4n) is 4.11. The number of amides is 3. The van der Waals surface area contributed by atoms with Crippen molar-refractivity contribution in [3.63, 3.8) is 0 Å². The van der Waals surface area contributed by atoms with Gasteiger partial charge in [-0.15, -0.1) is 0 Å². The highest BCUT2D eigenvalue weighted by atomic mass is 19.1. The van der Waals surface area contributed by atoms with Crippen molar-refractivity contribution in [3.05, 3.63) is 52.6 Å². The highest BCUT2D eigenvalue weighted by Gasteiger charge is 2.25. The molecule has 2 aliphatic rings. The second-order valence-electron chi connectivity index (χ2n) is 8.00. The summed E-state index contributed by atoms with van der Waals surface area (Å²) < 4.78 is 15.0. The number of hydrogen-bond acceptors (Lipinski definition) is 5. The van der Waals surface area contributed by atoms with Crippen molar-refractivity contribution in [2.45, 2.75) is 20.0 Å². The van der Waals surface area contributed by atoms with Crippen molar-refractivity contribution in [1.82, 2.24) is 20.1 Å². The fraction of sp³-hybridized carbons (Fsp3) is 0.409. The van der Waals surface area contributed by atoms with E-state index in [9.17, 15) is 9.59 Å². The second-order valence-corrected chi connectivity index (χ2v) is 8.00. The Morgan fingerprint density at radius 2 is 1.94 bits per heavy atom. The summed E-state index contributed by atoms with van der Waals surface area (Å²) in [6, 6.07) is 7.09. The van der Waals surface area contributed by atoms with Gasteiger partial charge in [-0.05, 0) is 24.6 Å². The molecule has 2 N–H and O–H groups in total. The number of benzene rings is 1. The predicted octanol–water partition coefficient (Wildman–Crippen LogP) is 2.19. The van der Waals surface area contributed by atoms with Crippen LogP contribution in [0, 0.1) is 12.7 Å². The summed E-state index contributed by atoms with van der Waals surface area (Å²) in [5.41, 5.74) is 3.91. The van der Waals surface area contributed by atoms with Gasteiger partial charge in [-0.3, -0.25) is 9.69 Å². The molecule has 0 radical (unpaired) electrons. The maximum Gasteiger partial charge on any atom is 0.321 e. The van der Waals surface area contributed by atoms with Crippen LogP contribution in [0.3, 0.4) is 0 Å². The molecule has 0 saturated carbocycles. The van der Waals surface area contributed by atoms with Crippen molar-refractivity contribution >= 4 is 23.3 Å². The van der Waals surface area contributed by atoms with Crippen LogP contribution in [0.15, 0.2) is 24.3 Å². The zero-order valence-corrected chi connectivity index (χ0v) is 18.0. The minimum absolute atomic E-state index is 0.200. The number of hydrogen-bond donors (Lipinski definition) is 2. The molecule has 0 spiro atoms. The molecule has 9 heteroatoms. The zero-order chi connectivity index (χ0) is 22.1. The Kier molecular flexibility index (Phi) is 5.77. The summed E-state index contributed by atoms with van der Waals surface area (Å²) in [4.78, 5) is 34.1. The molecule has 0 unspecified atom stereocenters. The molecule has 1 saturated heterocycles. The van der Waals surface area contributed by atoms with Crippen LogP contribution in [0.25, 0.3) is 0 Å². The molecule has 8 nitrogen and oxygen atoms in total. The van der Waals surface area contributed by atoms with E-state index in [0.717, 1.165) is 43.1 Å². The quantitative estimate of drug-likeness (QED) is 0.784. The molecule has 3 amide bonds. The van der Waals surface area contributed by atoms with Crippen LogP contribution in [0.4, 0.5) is 20.6 Å². The Morgan fingerprint density at radius 3 is 2.61 bits per heavy atom. The SMILES string of the molecule is CNC(=O)c1ccc(N2CCN(Cc3ccc4c(c3F)NC(=O)N(C)C4)CC2)c(C)n1. The molecule has 3 heterocycles. The third-order valence-corrected chi connectivity index (χ3v) is 5.92. The minimum Gasteiger partial charge on any atom is -0.368 e. The number of piperazine rings is 1. The molecule has 2 aliphatic heterocycles. The molecular formula is C22H27FN6O2. The van der Waals surface area contributed by atoms with Crippen molar-refractivity contribution in [2.75, 3.05) is 50.5 Å². The van der Waals surface area contributed by atoms with Gasteiger partial charge in [-0.2, -0.15) is 0 Å². The lowest BCUT2D eigenvalue weighted by atomic mass is 10.0. The molecule has 2 aromatic rings. The summed E-state index contributed by atoms with van der Waals surface area (Å²) in [6.45, 7) is 5.94. The number of rotatable bonds is 4. The van der Waals surface area contributed by atoms with Crippen molar-refractivity contribution < 1.29 is 14.0 Å². The largest absolute Gasteiger partial charge is 0.368 e. The Labute approximate surface area is 181 Å². The average Bonchev–Trinajstić information content (AvgIpc) is 2.77. The molecule has 1 aromatic carbocycles. The average molecular weight is 426 g/mol. The number of nitrogens with zero attached hydrogens (tertiary/aromatic N) is 4. The van der Waals surface area contributed by atoms with E-state index in [4.69, 9.17) is 0 Å². The maximum absolute atomic E-state index is 15.0. The topological polar surface area (TPSA) is 80.8 Å². The van der Waals surface area contributed by atoms with E-state index in [2.05, 4.69) is 25.4 Å². The van der Waals surface area contributed by atoms with Gasteiger partial charge in [0.2, 0.25) is 0 Å². The number of urea groups is 1. The Hall–Kier alpha value is -3.20. The predicted molar refractivity (Wildman–Crippen MR) is 117 cm³/mol. The first kappa shape index (κ1) is 21.0. The molecular weight excluding hydrogens is 399 g/mol. The zero-order valence-electron chi connectivity index (χ0n) is 18.0. The van der Waals surface area contributed by atoms with Gasteiger partial charge in [0, 0.05) is 58.9 Å². The first-order chi connectivity index (χ1) is 14.9. The number of carbonyl (C=O) groups excluding carboxylic acids is 2. The summed E-state index contributed by atoms with van der Waals surface area (Å²) >= 11 is 0. The number of aryl methyl sites for hydroxylation is 1. The van der Waals surface area contributed by atoms with Gasteiger partial charge in [-0.25, -0.2) is 14.2 Å². The molecule has 1 aromatic heterocycles. The molecule has 31 heavy (non-hydrogen) atoms. The maximum atomic E-state index is 15.0. The Bertz CT molecular complexity index is 1020. The Morgan fingerprint density at radius 1 is 1.19 bits per heavy atom. The van der Waals surface area contributed by atoms with Crippen molar-refractivity contribution in [3.8, 4) is 0 Å². The number of aromatic nitrogens is 1. The van der Waals surface area contributed by atoms with Crippen LogP contribution in [-0.4, -0.2) is 67.0 Å². The monoisotopic (exact) mass is 426 g/mol. The van der Waals surface area contributed by atoms with Gasteiger partial charge in [0.1, 0.15) is 5.69 Å². The first-order valence-corrected chi connectivity index (χ1v) is 10.4. The van der Waals surface area contributed by atoms with Gasteiger partial charge in [0.05, 0.1) is 17.1 Å². The Balaban J connectivity index is 1.41. The second kappa shape index (κ2) is 8.50. The first-order valence-electron chi connectivity index (χ1n) is 10.4. The summed E-state index contributed by atoms with van der Waals surface area (Å²) in [5, 5.41) is 5.24. The van der Waals surface area contributed by atoms with E-state index in [1.165, 1.54) is 4.90 Å². The van der Waals surface area contributed by atoms with Crippen LogP contribution in [0.2, 0.25) is 0 Å². The molecule has 0 aliphatic carbocycles. The standard InChI is InChI=1S/C22H27FN6O2/c1-14-18(7-6-17(25-14)21(30)24-2)29-10-8-28(9-11-29)13-15-4-5-16-12-27(3)22(31)26-20(16)19(15)23/h4-7H,8-13H2,1-3H3,(H,24,30)(H,26,31). The molecule has 4 rings (SSSR count). The summed E-state index contributed by atoms with van der Waals surface area (Å²) in [5.74, 6) is -0.541. The van der Waals surface area contributed by atoms with Gasteiger partial charge >= 0.3 is 6.03 Å². The van der Waals surface area contributed by atoms with Gasteiger partial charge < -0.3 is 20.4 Å². The molecule has 0 atom stereocenters. The van der Waals surface area contributed by atoms with E-state index in [1.54, 1.807) is 20.2 Å². The van der Waals surface area contributed by atoms with E-state index in [-0.39, 0.29) is 17.8 Å². The van der Waals surface area contributed by atoms with Crippen molar-refractivity contribution in [2.24, 2.45) is 0 Å². The number of nitrogens with one attached hydrogen (secondary N) is 2. The van der Waals surface area contributed by atoms with Crippen LogP contribution in [-0.2, 0) is 13.1 Å². The molecule has 164 valence electrons. The van der Waals surface area contributed by atoms with Gasteiger partial charge in [0.25, 0.3) is 5.91 Å². The van der Waals surface area contributed by atoms with E-state index in [0.29, 0.717) is 30.0 Å². The lowest BCUT2D eigenvalue weighted by molar-refractivity contribution is 0.0958. The number of anilines is 2. The number of carbonyl (C=O) groups is 2. The molecule has 1 fully saturated rings. The fourth-order valence-corrected chi connectivity index (χ4v) is 4.11. The van der Waals surface area contributed by atoms with Crippen LogP contribution in [0.1, 0.15) is 27.3 Å². The number of pyridine rings is 1. The van der Waals surface area contributed by atoms with Gasteiger partial charge in [-0.1, -0.05) is 12.1 Å². The smallest absolute Gasteiger partial charge is 0.321 e. The van der Waals surface area contributed by atoms with Gasteiger partial charge in [0.15, 0.2) is 5.82 Å². The van der Waals surface area contributed by atoms with Crippen LogP contribution in [0.5, 0.6) is 0 Å². The normalized spacial score (nSPS) is 16.7. The third kappa shape index (κ3) is 4.18. The lowest BCUT2D eigenvalue weighted by Gasteiger charge is -2.37. The minimum atomic E-state index is -0.341. The van der Waals surface area contributed by atoms with Crippen molar-refractivity contribution in [1.29, 1.82) is 0 Å². The van der Waals surface area contributed by atoms with Crippen LogP contribution >= 0.6 is 0 Å². The third-order valence-electron chi connectivity index (χ3n) is 5.92.